The molecule has 1 amide bonds. The van der Waals surface area contributed by atoms with Gasteiger partial charge in [0.15, 0.2) is 0 Å². The van der Waals surface area contributed by atoms with Crippen LogP contribution < -0.4 is 5.32 Å². The lowest BCUT2D eigenvalue weighted by atomic mass is 9.90. The van der Waals surface area contributed by atoms with Gasteiger partial charge in [0.25, 0.3) is 0 Å². The summed E-state index contributed by atoms with van der Waals surface area (Å²) in [5.41, 5.74) is 1.01. The smallest absolute Gasteiger partial charge is 0.239 e. The highest BCUT2D eigenvalue weighted by molar-refractivity contribution is 6.31. The van der Waals surface area contributed by atoms with Crippen molar-refractivity contribution in [3.63, 3.8) is 0 Å². The topological polar surface area (TPSA) is 44.8 Å². The first-order valence-electron chi connectivity index (χ1n) is 7.54. The molecule has 1 spiro atoms. The quantitative estimate of drug-likeness (QED) is 0.900. The zero-order valence-electron chi connectivity index (χ0n) is 13.0. The fourth-order valence-electron chi connectivity index (χ4n) is 3.38. The zero-order chi connectivity index (χ0) is 15.7. The van der Waals surface area contributed by atoms with Crippen molar-refractivity contribution in [1.82, 2.24) is 15.1 Å². The maximum Gasteiger partial charge on any atom is 0.239 e. The third-order valence-electron chi connectivity index (χ3n) is 4.54. The number of morpholine rings is 1. The molecule has 3 rings (SSSR count). The molecule has 1 aromatic rings. The van der Waals surface area contributed by atoms with Crippen LogP contribution in [0.4, 0.5) is 0 Å². The van der Waals surface area contributed by atoms with Gasteiger partial charge in [0.05, 0.1) is 6.61 Å². The van der Waals surface area contributed by atoms with Crippen molar-refractivity contribution in [1.29, 1.82) is 0 Å². The van der Waals surface area contributed by atoms with Gasteiger partial charge in [0.2, 0.25) is 5.91 Å². The number of hydrogen-bond donors (Lipinski definition) is 1. The molecular weight excluding hydrogens is 302 g/mol. The van der Waals surface area contributed by atoms with Crippen LogP contribution >= 0.6 is 11.6 Å². The Morgan fingerprint density at radius 2 is 2.14 bits per heavy atom. The van der Waals surface area contributed by atoms with Crippen molar-refractivity contribution in [2.45, 2.75) is 18.2 Å². The second-order valence-electron chi connectivity index (χ2n) is 6.28. The normalized spacial score (nSPS) is 25.0. The Labute approximate surface area is 136 Å². The van der Waals surface area contributed by atoms with Crippen molar-refractivity contribution in [3.8, 4) is 0 Å². The van der Waals surface area contributed by atoms with E-state index >= 15 is 0 Å². The van der Waals surface area contributed by atoms with Crippen molar-refractivity contribution in [2.75, 3.05) is 40.3 Å². The molecule has 2 heterocycles. The summed E-state index contributed by atoms with van der Waals surface area (Å²) < 4.78 is 6.03. The summed E-state index contributed by atoms with van der Waals surface area (Å²) in [5.74, 6) is 0.0181. The van der Waals surface area contributed by atoms with Gasteiger partial charge >= 0.3 is 0 Å². The maximum atomic E-state index is 11.8. The number of carbonyl (C=O) groups excluding carboxylic acids is 1. The van der Waals surface area contributed by atoms with Crippen LogP contribution in [0.1, 0.15) is 5.56 Å². The van der Waals surface area contributed by atoms with Gasteiger partial charge in [0.1, 0.15) is 11.6 Å². The Kier molecular flexibility index (Phi) is 4.41. The molecule has 0 bridgehead atoms. The number of likely N-dealkylation sites (tertiary alicyclic amines) is 1. The fourth-order valence-corrected chi connectivity index (χ4v) is 3.57. The molecule has 0 unspecified atom stereocenters. The molecule has 1 atom stereocenters. The van der Waals surface area contributed by atoms with Gasteiger partial charge in [-0.2, -0.15) is 0 Å². The van der Waals surface area contributed by atoms with Crippen molar-refractivity contribution < 1.29 is 9.53 Å². The van der Waals surface area contributed by atoms with E-state index in [1.54, 1.807) is 7.05 Å². The van der Waals surface area contributed by atoms with Gasteiger partial charge in [-0.3, -0.25) is 14.6 Å². The van der Waals surface area contributed by atoms with Crippen LogP contribution in [0, 0.1) is 0 Å². The van der Waals surface area contributed by atoms with Gasteiger partial charge in [-0.15, -0.1) is 0 Å². The van der Waals surface area contributed by atoms with Gasteiger partial charge < -0.3 is 10.1 Å². The Morgan fingerprint density at radius 3 is 2.77 bits per heavy atom. The Hall–Kier alpha value is -1.14. The summed E-state index contributed by atoms with van der Waals surface area (Å²) in [7, 11) is 3.65. The second kappa shape index (κ2) is 6.16. The van der Waals surface area contributed by atoms with Crippen LogP contribution in [0.25, 0.3) is 0 Å². The molecule has 6 heteroatoms. The lowest BCUT2D eigenvalue weighted by Gasteiger charge is -2.55. The highest BCUT2D eigenvalue weighted by atomic mass is 35.5. The van der Waals surface area contributed by atoms with E-state index in [1.807, 2.05) is 25.2 Å². The van der Waals surface area contributed by atoms with Gasteiger partial charge in [-0.1, -0.05) is 29.8 Å². The highest BCUT2D eigenvalue weighted by Gasteiger charge is 2.49. The van der Waals surface area contributed by atoms with E-state index in [0.29, 0.717) is 6.61 Å². The standard InChI is InChI=1S/C16H22ClN3O2/c1-18-15(21)14-8-22-16(9-19(14)2)10-20(11-16)7-12-5-3-4-6-13(12)17/h3-6,14H,7-11H2,1-2H3,(H,18,21)/t14-/m1/s1. The number of rotatable bonds is 3. The molecule has 2 fully saturated rings. The molecule has 1 N–H and O–H groups in total. The van der Waals surface area contributed by atoms with E-state index in [4.69, 9.17) is 16.3 Å². The molecule has 0 aromatic heterocycles. The Bertz CT molecular complexity index is 560. The predicted molar refractivity (Wildman–Crippen MR) is 85.9 cm³/mol. The van der Waals surface area contributed by atoms with Crippen LogP contribution in [-0.4, -0.2) is 67.7 Å². The van der Waals surface area contributed by atoms with Crippen LogP contribution in [0.2, 0.25) is 5.02 Å². The molecule has 0 saturated carbocycles. The average molecular weight is 324 g/mol. The number of nitrogens with one attached hydrogen (secondary N) is 1. The molecule has 0 radical (unpaired) electrons. The maximum absolute atomic E-state index is 11.8. The third-order valence-corrected chi connectivity index (χ3v) is 4.91. The van der Waals surface area contributed by atoms with E-state index < -0.39 is 0 Å². The Balaban J connectivity index is 1.55. The predicted octanol–water partition coefficient (Wildman–Crippen LogP) is 0.971. The summed E-state index contributed by atoms with van der Waals surface area (Å²) in [6, 6.07) is 7.75. The van der Waals surface area contributed by atoms with E-state index in [1.165, 1.54) is 0 Å². The summed E-state index contributed by atoms with van der Waals surface area (Å²) >= 11 is 6.21. The minimum absolute atomic E-state index is 0.0181. The second-order valence-corrected chi connectivity index (χ2v) is 6.68. The van der Waals surface area contributed by atoms with Crippen molar-refractivity contribution in [2.24, 2.45) is 0 Å². The molecule has 5 nitrogen and oxygen atoms in total. The number of nitrogens with zero attached hydrogens (tertiary/aromatic N) is 2. The largest absolute Gasteiger partial charge is 0.369 e. The number of ether oxygens (including phenoxy) is 1. The number of hydrogen-bond acceptors (Lipinski definition) is 4. The van der Waals surface area contributed by atoms with Gasteiger partial charge in [0, 0.05) is 38.2 Å². The summed E-state index contributed by atoms with van der Waals surface area (Å²) in [6.45, 7) is 3.83. The number of carbonyl (C=O) groups is 1. The van der Waals surface area contributed by atoms with Crippen molar-refractivity contribution >= 4 is 17.5 Å². The molecule has 2 saturated heterocycles. The molecule has 1 aromatic carbocycles. The van der Waals surface area contributed by atoms with Gasteiger partial charge in [-0.05, 0) is 18.7 Å². The number of halogens is 1. The Morgan fingerprint density at radius 1 is 1.41 bits per heavy atom. The zero-order valence-corrected chi connectivity index (χ0v) is 13.8. The van der Waals surface area contributed by atoms with E-state index in [9.17, 15) is 4.79 Å². The van der Waals surface area contributed by atoms with E-state index in [0.717, 1.165) is 36.8 Å². The first-order valence-corrected chi connectivity index (χ1v) is 7.92. The minimum atomic E-state index is -0.187. The lowest BCUT2D eigenvalue weighted by molar-refractivity contribution is -0.198. The summed E-state index contributed by atoms with van der Waals surface area (Å²) in [6.07, 6.45) is 0. The van der Waals surface area contributed by atoms with Crippen LogP contribution in [0.5, 0.6) is 0 Å². The third kappa shape index (κ3) is 2.99. The van der Waals surface area contributed by atoms with Gasteiger partial charge in [-0.25, -0.2) is 0 Å². The number of amides is 1. The number of likely N-dealkylation sites (N-methyl/N-ethyl adjacent to an activating group) is 2. The summed E-state index contributed by atoms with van der Waals surface area (Å²) in [4.78, 5) is 16.2. The molecule has 0 aliphatic carbocycles. The molecule has 2 aliphatic heterocycles. The SMILES string of the molecule is CNC(=O)[C@H]1COC2(CN(Cc3ccccc3Cl)C2)CN1C. The fraction of sp³-hybridized carbons (Fsp3) is 0.562. The molecular formula is C16H22ClN3O2. The number of benzene rings is 1. The first-order chi connectivity index (χ1) is 10.5. The summed E-state index contributed by atoms with van der Waals surface area (Å²) in [5, 5.41) is 3.50. The minimum Gasteiger partial charge on any atom is -0.369 e. The van der Waals surface area contributed by atoms with Crippen LogP contribution in [0.15, 0.2) is 24.3 Å². The van der Waals surface area contributed by atoms with Crippen molar-refractivity contribution in [3.05, 3.63) is 34.9 Å². The molecule has 2 aliphatic rings. The average Bonchev–Trinajstić information content (AvgIpc) is 2.47. The lowest BCUT2D eigenvalue weighted by Crippen LogP contribution is -2.71. The highest BCUT2D eigenvalue weighted by Crippen LogP contribution is 2.32. The molecule has 120 valence electrons. The molecule has 22 heavy (non-hydrogen) atoms. The monoisotopic (exact) mass is 323 g/mol. The van der Waals surface area contributed by atoms with E-state index in [-0.39, 0.29) is 17.6 Å². The van der Waals surface area contributed by atoms with Crippen LogP contribution in [-0.2, 0) is 16.1 Å². The van der Waals surface area contributed by atoms with E-state index in [2.05, 4.69) is 21.2 Å². The first kappa shape index (κ1) is 15.7. The van der Waals surface area contributed by atoms with Crippen LogP contribution in [0.3, 0.4) is 0 Å².